The fraction of sp³-hybridized carbons (Fsp3) is 0.727. The van der Waals surface area contributed by atoms with Gasteiger partial charge < -0.3 is 26.4 Å². The largest absolute Gasteiger partial charge is 0.480 e. The number of rotatable bonds is 6. The molecule has 8 heteroatoms. The first-order valence-corrected chi connectivity index (χ1v) is 6.12. The molecule has 0 saturated carbocycles. The summed E-state index contributed by atoms with van der Waals surface area (Å²) in [6.45, 7) is 2.39. The minimum absolute atomic E-state index is 0.371. The van der Waals surface area contributed by atoms with Crippen LogP contribution in [-0.4, -0.2) is 60.6 Å². The van der Waals surface area contributed by atoms with Crippen LogP contribution >= 0.6 is 0 Å². The number of nitrogens with one attached hydrogen (secondary N) is 2. The highest BCUT2D eigenvalue weighted by atomic mass is 16.4. The van der Waals surface area contributed by atoms with Gasteiger partial charge in [-0.2, -0.15) is 0 Å². The smallest absolute Gasteiger partial charge is 0.326 e. The number of aliphatic carboxylic acids is 1. The first-order chi connectivity index (χ1) is 8.88. The molecule has 3 amide bonds. The van der Waals surface area contributed by atoms with E-state index in [4.69, 9.17) is 10.8 Å². The number of carboxylic acid groups (broad SMARTS) is 1. The molecule has 0 bridgehead atoms. The first-order valence-electron chi connectivity index (χ1n) is 6.12. The normalized spacial score (nSPS) is 20.8. The lowest BCUT2D eigenvalue weighted by Crippen LogP contribution is -2.48. The van der Waals surface area contributed by atoms with Crippen molar-refractivity contribution in [1.82, 2.24) is 15.5 Å². The molecule has 1 heterocycles. The van der Waals surface area contributed by atoms with E-state index < -0.39 is 30.4 Å². The van der Waals surface area contributed by atoms with E-state index in [0.29, 0.717) is 12.5 Å². The Labute approximate surface area is 111 Å². The SMILES string of the molecule is CN1CCC(CNC(=O)N[C@@H](CC(N)=O)C(=O)O)C1. The number of nitrogens with two attached hydrogens (primary N) is 1. The van der Waals surface area contributed by atoms with Gasteiger partial charge in [0.1, 0.15) is 6.04 Å². The lowest BCUT2D eigenvalue weighted by atomic mass is 10.1. The van der Waals surface area contributed by atoms with Crippen molar-refractivity contribution in [3.05, 3.63) is 0 Å². The zero-order valence-electron chi connectivity index (χ0n) is 10.9. The van der Waals surface area contributed by atoms with E-state index in [9.17, 15) is 14.4 Å². The van der Waals surface area contributed by atoms with Crippen LogP contribution in [0.1, 0.15) is 12.8 Å². The fourth-order valence-corrected chi connectivity index (χ4v) is 2.04. The van der Waals surface area contributed by atoms with Gasteiger partial charge in [0.25, 0.3) is 0 Å². The summed E-state index contributed by atoms with van der Waals surface area (Å²) in [4.78, 5) is 35.2. The highest BCUT2D eigenvalue weighted by molar-refractivity contribution is 5.87. The number of nitrogens with zero attached hydrogens (tertiary/aromatic N) is 1. The molecule has 2 atom stereocenters. The molecule has 5 N–H and O–H groups in total. The highest BCUT2D eigenvalue weighted by Crippen LogP contribution is 2.12. The van der Waals surface area contributed by atoms with E-state index in [1.54, 1.807) is 0 Å². The van der Waals surface area contributed by atoms with Gasteiger partial charge in [0.15, 0.2) is 0 Å². The Balaban J connectivity index is 2.32. The minimum atomic E-state index is -1.29. The molecule has 0 aromatic rings. The summed E-state index contributed by atoms with van der Waals surface area (Å²) in [5.74, 6) is -1.69. The predicted octanol–water partition coefficient (Wildman–Crippen LogP) is -1.43. The lowest BCUT2D eigenvalue weighted by Gasteiger charge is -2.15. The van der Waals surface area contributed by atoms with Crippen molar-refractivity contribution in [2.75, 3.05) is 26.7 Å². The van der Waals surface area contributed by atoms with E-state index in [1.807, 2.05) is 7.05 Å². The minimum Gasteiger partial charge on any atom is -0.480 e. The van der Waals surface area contributed by atoms with E-state index in [2.05, 4.69) is 15.5 Å². The number of amides is 3. The lowest BCUT2D eigenvalue weighted by molar-refractivity contribution is -0.140. The monoisotopic (exact) mass is 272 g/mol. The molecular formula is C11H20N4O4. The standard InChI is InChI=1S/C11H20N4O4/c1-15-3-2-7(6-15)5-13-11(19)14-8(10(17)18)4-9(12)16/h7-8H,2-6H2,1H3,(H2,12,16)(H,17,18)(H2,13,14,19)/t7?,8-/m0/s1. The number of urea groups is 1. The number of hydrogen-bond acceptors (Lipinski definition) is 4. The summed E-state index contributed by atoms with van der Waals surface area (Å²) in [5, 5.41) is 13.7. The maximum absolute atomic E-state index is 11.5. The summed E-state index contributed by atoms with van der Waals surface area (Å²) in [6, 6.07) is -1.88. The van der Waals surface area contributed by atoms with Gasteiger partial charge >= 0.3 is 12.0 Å². The van der Waals surface area contributed by atoms with Crippen LogP contribution in [0.2, 0.25) is 0 Å². The number of likely N-dealkylation sites (tertiary alicyclic amines) is 1. The molecule has 8 nitrogen and oxygen atoms in total. The van der Waals surface area contributed by atoms with Crippen LogP contribution in [-0.2, 0) is 9.59 Å². The molecule has 108 valence electrons. The van der Waals surface area contributed by atoms with E-state index in [0.717, 1.165) is 19.5 Å². The van der Waals surface area contributed by atoms with Gasteiger partial charge in [-0.3, -0.25) is 4.79 Å². The van der Waals surface area contributed by atoms with Crippen molar-refractivity contribution in [2.24, 2.45) is 11.7 Å². The van der Waals surface area contributed by atoms with Crippen molar-refractivity contribution in [3.8, 4) is 0 Å². The summed E-state index contributed by atoms with van der Waals surface area (Å²) >= 11 is 0. The van der Waals surface area contributed by atoms with Gasteiger partial charge in [-0.05, 0) is 25.9 Å². The Morgan fingerprint density at radius 3 is 2.63 bits per heavy atom. The zero-order chi connectivity index (χ0) is 14.4. The summed E-state index contributed by atoms with van der Waals surface area (Å²) < 4.78 is 0. The predicted molar refractivity (Wildman–Crippen MR) is 67.4 cm³/mol. The van der Waals surface area contributed by atoms with Gasteiger partial charge in [0, 0.05) is 13.1 Å². The third-order valence-electron chi connectivity index (χ3n) is 3.05. The third-order valence-corrected chi connectivity index (χ3v) is 3.05. The number of hydrogen-bond donors (Lipinski definition) is 4. The molecular weight excluding hydrogens is 252 g/mol. The van der Waals surface area contributed by atoms with Gasteiger partial charge in [-0.15, -0.1) is 0 Å². The Morgan fingerprint density at radius 2 is 2.16 bits per heavy atom. The Bertz CT molecular complexity index is 361. The van der Waals surface area contributed by atoms with Crippen molar-refractivity contribution in [2.45, 2.75) is 18.9 Å². The molecule has 0 aliphatic carbocycles. The maximum Gasteiger partial charge on any atom is 0.326 e. The number of carboxylic acids is 1. The molecule has 1 aliphatic rings. The van der Waals surface area contributed by atoms with Crippen LogP contribution < -0.4 is 16.4 Å². The molecule has 1 saturated heterocycles. The highest BCUT2D eigenvalue weighted by Gasteiger charge is 2.23. The Kier molecular flexibility index (Phi) is 5.56. The summed E-state index contributed by atoms with van der Waals surface area (Å²) in [7, 11) is 2.01. The number of carbonyl (C=O) groups excluding carboxylic acids is 2. The van der Waals surface area contributed by atoms with Crippen molar-refractivity contribution < 1.29 is 19.5 Å². The molecule has 1 rings (SSSR count). The van der Waals surface area contributed by atoms with Gasteiger partial charge in [0.2, 0.25) is 5.91 Å². The van der Waals surface area contributed by atoms with E-state index in [-0.39, 0.29) is 0 Å². The second-order valence-corrected chi connectivity index (χ2v) is 4.83. The second-order valence-electron chi connectivity index (χ2n) is 4.83. The van der Waals surface area contributed by atoms with Gasteiger partial charge in [0.05, 0.1) is 6.42 Å². The Hall–Kier alpha value is -1.83. The quantitative estimate of drug-likeness (QED) is 0.471. The summed E-state index contributed by atoms with van der Waals surface area (Å²) in [6.07, 6.45) is 0.579. The third kappa shape index (κ3) is 5.56. The van der Waals surface area contributed by atoms with Gasteiger partial charge in [-0.25, -0.2) is 9.59 Å². The summed E-state index contributed by atoms with van der Waals surface area (Å²) in [5.41, 5.74) is 4.92. The molecule has 1 fully saturated rings. The molecule has 0 radical (unpaired) electrons. The van der Waals surface area contributed by atoms with Crippen LogP contribution in [0.25, 0.3) is 0 Å². The Morgan fingerprint density at radius 1 is 1.47 bits per heavy atom. The molecule has 0 spiro atoms. The zero-order valence-corrected chi connectivity index (χ0v) is 10.9. The van der Waals surface area contributed by atoms with Crippen LogP contribution in [0, 0.1) is 5.92 Å². The average molecular weight is 272 g/mol. The molecule has 0 aromatic carbocycles. The second kappa shape index (κ2) is 6.93. The number of primary amides is 1. The van der Waals surface area contributed by atoms with E-state index >= 15 is 0 Å². The van der Waals surface area contributed by atoms with Crippen LogP contribution in [0.5, 0.6) is 0 Å². The topological polar surface area (TPSA) is 125 Å². The fourth-order valence-electron chi connectivity index (χ4n) is 2.04. The molecule has 1 unspecified atom stereocenters. The molecule has 0 aromatic heterocycles. The van der Waals surface area contributed by atoms with Crippen molar-refractivity contribution in [1.29, 1.82) is 0 Å². The number of carbonyl (C=O) groups is 3. The molecule has 19 heavy (non-hydrogen) atoms. The van der Waals surface area contributed by atoms with Crippen molar-refractivity contribution >= 4 is 17.9 Å². The van der Waals surface area contributed by atoms with Crippen LogP contribution in [0.15, 0.2) is 0 Å². The van der Waals surface area contributed by atoms with Crippen LogP contribution in [0.4, 0.5) is 4.79 Å². The first kappa shape index (κ1) is 15.2. The van der Waals surface area contributed by atoms with Crippen LogP contribution in [0.3, 0.4) is 0 Å². The van der Waals surface area contributed by atoms with Gasteiger partial charge in [-0.1, -0.05) is 0 Å². The maximum atomic E-state index is 11.5. The molecule has 1 aliphatic heterocycles. The van der Waals surface area contributed by atoms with E-state index in [1.165, 1.54) is 0 Å². The van der Waals surface area contributed by atoms with Crippen molar-refractivity contribution in [3.63, 3.8) is 0 Å². The average Bonchev–Trinajstić information content (AvgIpc) is 2.71.